The number of nitrogens with two attached hydrogens (primary N) is 1. The summed E-state index contributed by atoms with van der Waals surface area (Å²) < 4.78 is 0. The number of halogens is 1. The molecule has 0 aromatic rings. The molecule has 0 aliphatic heterocycles. The highest BCUT2D eigenvalue weighted by molar-refractivity contribution is 5.85. The monoisotopic (exact) mass is 149 g/mol. The van der Waals surface area contributed by atoms with Crippen LogP contribution in [0.1, 0.15) is 20.3 Å². The van der Waals surface area contributed by atoms with E-state index < -0.39 is 0 Å². The number of hydrogen-bond donors (Lipinski definition) is 1. The first-order valence-corrected chi connectivity index (χ1v) is 3.45. The van der Waals surface area contributed by atoms with Crippen molar-refractivity contribution in [1.82, 2.24) is 0 Å². The average molecular weight is 150 g/mol. The summed E-state index contributed by atoms with van der Waals surface area (Å²) in [7, 11) is 0. The third kappa shape index (κ3) is 2.15. The third-order valence-corrected chi connectivity index (χ3v) is 2.14. The van der Waals surface area contributed by atoms with Crippen LogP contribution in [0.4, 0.5) is 0 Å². The van der Waals surface area contributed by atoms with Crippen molar-refractivity contribution in [2.45, 2.75) is 20.3 Å². The average Bonchev–Trinajstić information content (AvgIpc) is 2.42. The Hall–Kier alpha value is 0.250. The predicted octanol–water partition coefficient (Wildman–Crippen LogP) is 1.66. The van der Waals surface area contributed by atoms with Gasteiger partial charge in [-0.15, -0.1) is 12.4 Å². The molecule has 1 saturated carbocycles. The van der Waals surface area contributed by atoms with Gasteiger partial charge in [0, 0.05) is 0 Å². The molecule has 0 spiro atoms. The van der Waals surface area contributed by atoms with Crippen molar-refractivity contribution >= 4 is 12.4 Å². The second-order valence-electron chi connectivity index (χ2n) is 3.14. The highest BCUT2D eigenvalue weighted by atomic mass is 35.5. The molecule has 2 heteroatoms. The van der Waals surface area contributed by atoms with Crippen LogP contribution in [0.25, 0.3) is 0 Å². The van der Waals surface area contributed by atoms with Crippen LogP contribution in [0.3, 0.4) is 0 Å². The predicted molar refractivity (Wildman–Crippen MR) is 42.7 cm³/mol. The molecule has 1 aliphatic carbocycles. The maximum Gasteiger partial charge on any atom is -0.00460 e. The van der Waals surface area contributed by atoms with Crippen LogP contribution in [0.15, 0.2) is 0 Å². The maximum absolute atomic E-state index is 5.46. The minimum Gasteiger partial charge on any atom is -0.330 e. The fraction of sp³-hybridized carbons (Fsp3) is 1.00. The van der Waals surface area contributed by atoms with Crippen LogP contribution in [-0.4, -0.2) is 6.54 Å². The molecule has 56 valence electrons. The van der Waals surface area contributed by atoms with Gasteiger partial charge in [-0.05, 0) is 30.7 Å². The van der Waals surface area contributed by atoms with Crippen LogP contribution < -0.4 is 5.73 Å². The van der Waals surface area contributed by atoms with Gasteiger partial charge in [0.25, 0.3) is 0 Å². The summed E-state index contributed by atoms with van der Waals surface area (Å²) in [5, 5.41) is 0. The Morgan fingerprint density at radius 2 is 2.11 bits per heavy atom. The van der Waals surface area contributed by atoms with Crippen LogP contribution in [0, 0.1) is 17.8 Å². The second-order valence-corrected chi connectivity index (χ2v) is 3.14. The van der Waals surface area contributed by atoms with Crippen LogP contribution in [-0.2, 0) is 0 Å². The summed E-state index contributed by atoms with van der Waals surface area (Å²) in [6, 6.07) is 0. The lowest BCUT2D eigenvalue weighted by Crippen LogP contribution is -2.04. The molecule has 9 heavy (non-hydrogen) atoms. The zero-order chi connectivity index (χ0) is 6.15. The summed E-state index contributed by atoms with van der Waals surface area (Å²) in [5.41, 5.74) is 5.46. The summed E-state index contributed by atoms with van der Waals surface area (Å²) in [5.74, 6) is 2.69. The summed E-state index contributed by atoms with van der Waals surface area (Å²) >= 11 is 0. The van der Waals surface area contributed by atoms with E-state index in [-0.39, 0.29) is 12.4 Å². The summed E-state index contributed by atoms with van der Waals surface area (Å²) in [6.45, 7) is 5.46. The van der Waals surface area contributed by atoms with Crippen molar-refractivity contribution < 1.29 is 0 Å². The Morgan fingerprint density at radius 3 is 2.22 bits per heavy atom. The fourth-order valence-electron chi connectivity index (χ4n) is 1.36. The first-order chi connectivity index (χ1) is 3.75. The molecule has 1 rings (SSSR count). The van der Waals surface area contributed by atoms with Gasteiger partial charge in [0.2, 0.25) is 0 Å². The lowest BCUT2D eigenvalue weighted by molar-refractivity contribution is 0.520. The smallest absolute Gasteiger partial charge is 0.00460 e. The van der Waals surface area contributed by atoms with Gasteiger partial charge in [-0.1, -0.05) is 13.8 Å². The quantitative estimate of drug-likeness (QED) is 0.635. The summed E-state index contributed by atoms with van der Waals surface area (Å²) in [6.07, 6.45) is 1.38. The van der Waals surface area contributed by atoms with Gasteiger partial charge in [0.05, 0.1) is 0 Å². The van der Waals surface area contributed by atoms with Gasteiger partial charge in [0.1, 0.15) is 0 Å². The van der Waals surface area contributed by atoms with E-state index in [4.69, 9.17) is 5.73 Å². The molecule has 0 saturated heterocycles. The van der Waals surface area contributed by atoms with Crippen molar-refractivity contribution in [3.63, 3.8) is 0 Å². The standard InChI is InChI=1S/C7H15N.ClH/c1-5(2)7-3-6(7)4-8;/h5-7H,3-4,8H2,1-2H3;1H/t6-,7+;/m0./s1. The SMILES string of the molecule is CC(C)[C@H]1C[C@H]1CN.Cl. The maximum atomic E-state index is 5.46. The normalized spacial score (nSPS) is 32.0. The lowest BCUT2D eigenvalue weighted by atomic mass is 10.1. The molecular formula is C7H16ClN. The van der Waals surface area contributed by atoms with E-state index in [0.717, 1.165) is 24.3 Å². The van der Waals surface area contributed by atoms with E-state index in [1.807, 2.05) is 0 Å². The van der Waals surface area contributed by atoms with Gasteiger partial charge < -0.3 is 5.73 Å². The van der Waals surface area contributed by atoms with Gasteiger partial charge >= 0.3 is 0 Å². The largest absolute Gasteiger partial charge is 0.330 e. The molecule has 0 radical (unpaired) electrons. The van der Waals surface area contributed by atoms with E-state index in [9.17, 15) is 0 Å². The Kier molecular flexibility index (Phi) is 3.52. The van der Waals surface area contributed by atoms with Gasteiger partial charge in [-0.2, -0.15) is 0 Å². The number of hydrogen-bond acceptors (Lipinski definition) is 1. The second kappa shape index (κ2) is 3.43. The van der Waals surface area contributed by atoms with Crippen LogP contribution >= 0.6 is 12.4 Å². The van der Waals surface area contributed by atoms with Crippen molar-refractivity contribution in [3.8, 4) is 0 Å². The van der Waals surface area contributed by atoms with E-state index in [2.05, 4.69) is 13.8 Å². The zero-order valence-electron chi connectivity index (χ0n) is 6.13. The Labute approximate surface area is 63.4 Å². The molecule has 0 aromatic carbocycles. The lowest BCUT2D eigenvalue weighted by Gasteiger charge is -1.98. The number of rotatable bonds is 2. The molecular weight excluding hydrogens is 134 g/mol. The van der Waals surface area contributed by atoms with E-state index in [0.29, 0.717) is 0 Å². The topological polar surface area (TPSA) is 26.0 Å². The Balaban J connectivity index is 0.000000640. The Bertz CT molecular complexity index is 83.0. The summed E-state index contributed by atoms with van der Waals surface area (Å²) in [4.78, 5) is 0. The van der Waals surface area contributed by atoms with Gasteiger partial charge in [-0.25, -0.2) is 0 Å². The van der Waals surface area contributed by atoms with Gasteiger partial charge in [0.15, 0.2) is 0 Å². The molecule has 0 amide bonds. The highest BCUT2D eigenvalue weighted by Gasteiger charge is 2.37. The van der Waals surface area contributed by atoms with Crippen molar-refractivity contribution in [3.05, 3.63) is 0 Å². The third-order valence-electron chi connectivity index (χ3n) is 2.14. The van der Waals surface area contributed by atoms with Crippen LogP contribution in [0.5, 0.6) is 0 Å². The highest BCUT2D eigenvalue weighted by Crippen LogP contribution is 2.42. The van der Waals surface area contributed by atoms with Crippen molar-refractivity contribution in [1.29, 1.82) is 0 Å². The zero-order valence-corrected chi connectivity index (χ0v) is 6.95. The molecule has 0 heterocycles. The fourth-order valence-corrected chi connectivity index (χ4v) is 1.36. The van der Waals surface area contributed by atoms with Gasteiger partial charge in [-0.3, -0.25) is 0 Å². The molecule has 1 fully saturated rings. The molecule has 2 N–H and O–H groups in total. The van der Waals surface area contributed by atoms with E-state index >= 15 is 0 Å². The minimum atomic E-state index is 0. The first kappa shape index (κ1) is 9.25. The Morgan fingerprint density at radius 1 is 1.56 bits per heavy atom. The molecule has 1 nitrogen and oxygen atoms in total. The molecule has 0 unspecified atom stereocenters. The van der Waals surface area contributed by atoms with Crippen molar-refractivity contribution in [2.24, 2.45) is 23.5 Å². The van der Waals surface area contributed by atoms with Crippen molar-refractivity contribution in [2.75, 3.05) is 6.54 Å². The molecule has 0 bridgehead atoms. The van der Waals surface area contributed by atoms with E-state index in [1.54, 1.807) is 0 Å². The molecule has 2 atom stereocenters. The van der Waals surface area contributed by atoms with Crippen LogP contribution in [0.2, 0.25) is 0 Å². The first-order valence-electron chi connectivity index (χ1n) is 3.45. The molecule has 1 aliphatic rings. The van der Waals surface area contributed by atoms with E-state index in [1.165, 1.54) is 6.42 Å². The minimum absolute atomic E-state index is 0. The molecule has 0 aromatic heterocycles.